The van der Waals surface area contributed by atoms with Gasteiger partial charge in [-0.2, -0.15) is 0 Å². The van der Waals surface area contributed by atoms with Crippen LogP contribution >= 0.6 is 12.2 Å². The van der Waals surface area contributed by atoms with Crippen molar-refractivity contribution in [1.82, 2.24) is 10.2 Å². The first-order valence-electron chi connectivity index (χ1n) is 9.89. The number of thiocarbonyl (C=S) groups is 1. The number of hydrogen-bond acceptors (Lipinski definition) is 2. The average Bonchev–Trinajstić information content (AvgIpc) is 2.71. The number of carbonyl (C=O) groups excluding carboxylic acids is 1. The highest BCUT2D eigenvalue weighted by atomic mass is 32.1. The molecule has 3 rings (SSSR count). The molecule has 0 aliphatic carbocycles. The van der Waals surface area contributed by atoms with E-state index in [2.05, 4.69) is 15.5 Å². The van der Waals surface area contributed by atoms with Crippen molar-refractivity contribution >= 4 is 28.9 Å². The summed E-state index contributed by atoms with van der Waals surface area (Å²) >= 11 is 5.49. The van der Waals surface area contributed by atoms with Crippen LogP contribution < -0.4 is 15.5 Å². The molecule has 7 heteroatoms. The van der Waals surface area contributed by atoms with Crippen molar-refractivity contribution in [1.29, 1.82) is 0 Å². The van der Waals surface area contributed by atoms with E-state index in [4.69, 9.17) is 12.2 Å². The van der Waals surface area contributed by atoms with Crippen LogP contribution in [0.1, 0.15) is 16.7 Å². The third-order valence-corrected chi connectivity index (χ3v) is 5.67. The Morgan fingerprint density at radius 3 is 2.34 bits per heavy atom. The van der Waals surface area contributed by atoms with Gasteiger partial charge in [0.1, 0.15) is 5.82 Å². The molecule has 2 aromatic rings. The van der Waals surface area contributed by atoms with Crippen LogP contribution in [0.15, 0.2) is 42.5 Å². The highest BCUT2D eigenvalue weighted by Crippen LogP contribution is 2.18. The largest absolute Gasteiger partial charge is 0.358 e. The molecular weight excluding hydrogens is 387 g/mol. The smallest absolute Gasteiger partial charge is 0.279 e. The predicted molar refractivity (Wildman–Crippen MR) is 118 cm³/mol. The Hall–Kier alpha value is -2.51. The number of halogens is 1. The van der Waals surface area contributed by atoms with Crippen LogP contribution in [0.5, 0.6) is 0 Å². The van der Waals surface area contributed by atoms with Gasteiger partial charge < -0.3 is 20.4 Å². The van der Waals surface area contributed by atoms with Gasteiger partial charge in [-0.1, -0.05) is 30.3 Å². The van der Waals surface area contributed by atoms with Crippen molar-refractivity contribution < 1.29 is 14.1 Å². The van der Waals surface area contributed by atoms with E-state index in [1.54, 1.807) is 12.1 Å². The van der Waals surface area contributed by atoms with E-state index in [-0.39, 0.29) is 11.7 Å². The van der Waals surface area contributed by atoms with E-state index < -0.39 is 0 Å². The third kappa shape index (κ3) is 5.98. The Kier molecular flexibility index (Phi) is 7.17. The van der Waals surface area contributed by atoms with Gasteiger partial charge in [-0.15, -0.1) is 0 Å². The maximum atomic E-state index is 13.0. The molecule has 1 heterocycles. The van der Waals surface area contributed by atoms with Crippen molar-refractivity contribution in [2.75, 3.05) is 38.0 Å². The Labute approximate surface area is 176 Å². The molecule has 29 heavy (non-hydrogen) atoms. The first-order chi connectivity index (χ1) is 13.9. The number of nitrogens with one attached hydrogen (secondary N) is 3. The molecule has 0 spiro atoms. The zero-order valence-electron chi connectivity index (χ0n) is 16.9. The van der Waals surface area contributed by atoms with Crippen molar-refractivity contribution in [2.45, 2.75) is 20.4 Å². The molecule has 0 saturated carbocycles. The van der Waals surface area contributed by atoms with Crippen LogP contribution in [0, 0.1) is 19.7 Å². The molecule has 1 aliphatic heterocycles. The summed E-state index contributed by atoms with van der Waals surface area (Å²) in [7, 11) is 0. The first-order valence-corrected chi connectivity index (χ1v) is 10.3. The molecule has 0 radical (unpaired) electrons. The van der Waals surface area contributed by atoms with Gasteiger partial charge in [-0.3, -0.25) is 4.79 Å². The van der Waals surface area contributed by atoms with Crippen LogP contribution in [0.2, 0.25) is 0 Å². The Bertz CT molecular complexity index is 843. The molecule has 0 atom stereocenters. The Balaban J connectivity index is 1.42. The lowest BCUT2D eigenvalue weighted by molar-refractivity contribution is -0.895. The second-order valence-corrected chi connectivity index (χ2v) is 7.90. The van der Waals surface area contributed by atoms with E-state index >= 15 is 0 Å². The fourth-order valence-corrected chi connectivity index (χ4v) is 3.77. The minimum absolute atomic E-state index is 0.0443. The van der Waals surface area contributed by atoms with Crippen LogP contribution in [-0.4, -0.2) is 48.6 Å². The van der Waals surface area contributed by atoms with Gasteiger partial charge in [0, 0.05) is 12.2 Å². The van der Waals surface area contributed by atoms with Gasteiger partial charge in [0.2, 0.25) is 0 Å². The van der Waals surface area contributed by atoms with Gasteiger partial charge in [0.15, 0.2) is 11.7 Å². The number of carbonyl (C=O) groups is 1. The minimum Gasteiger partial charge on any atom is -0.358 e. The SMILES string of the molecule is Cc1cccc(C)c1NC(=O)C[NH+]1CCN(C(=S)NCc2ccc(F)cc2)CC1. The minimum atomic E-state index is -0.239. The molecule has 0 bridgehead atoms. The molecule has 1 saturated heterocycles. The number of anilines is 1. The molecule has 1 fully saturated rings. The summed E-state index contributed by atoms with van der Waals surface area (Å²) in [5.41, 5.74) is 4.06. The van der Waals surface area contributed by atoms with Crippen LogP contribution in [0.4, 0.5) is 10.1 Å². The summed E-state index contributed by atoms with van der Waals surface area (Å²) in [6, 6.07) is 12.4. The number of para-hydroxylation sites is 1. The standard InChI is InChI=1S/C22H27FN4OS/c1-16-4-3-5-17(2)21(16)25-20(28)15-26-10-12-27(13-11-26)22(29)24-14-18-6-8-19(23)9-7-18/h3-9H,10-15H2,1-2H3,(H,24,29)(H,25,28)/p+1. The zero-order chi connectivity index (χ0) is 20.8. The number of hydrogen-bond donors (Lipinski definition) is 3. The highest BCUT2D eigenvalue weighted by Gasteiger charge is 2.23. The average molecular weight is 416 g/mol. The van der Waals surface area contributed by atoms with Crippen molar-refractivity contribution in [2.24, 2.45) is 0 Å². The van der Waals surface area contributed by atoms with Crippen molar-refractivity contribution in [3.8, 4) is 0 Å². The van der Waals surface area contributed by atoms with E-state index in [1.165, 1.54) is 17.0 Å². The third-order valence-electron chi connectivity index (χ3n) is 5.27. The molecule has 5 nitrogen and oxygen atoms in total. The fraction of sp³-hybridized carbons (Fsp3) is 0.364. The van der Waals surface area contributed by atoms with Gasteiger partial charge >= 0.3 is 0 Å². The van der Waals surface area contributed by atoms with Gasteiger partial charge in [-0.05, 0) is 54.9 Å². The second kappa shape index (κ2) is 9.80. The number of rotatable bonds is 5. The molecule has 1 aliphatic rings. The summed E-state index contributed by atoms with van der Waals surface area (Å²) in [6.45, 7) is 8.38. The highest BCUT2D eigenvalue weighted by molar-refractivity contribution is 7.80. The topological polar surface area (TPSA) is 48.8 Å². The van der Waals surface area contributed by atoms with E-state index in [9.17, 15) is 9.18 Å². The first kappa shape index (κ1) is 21.2. The summed E-state index contributed by atoms with van der Waals surface area (Å²) < 4.78 is 13.0. The summed E-state index contributed by atoms with van der Waals surface area (Å²) in [4.78, 5) is 15.9. The zero-order valence-corrected chi connectivity index (χ0v) is 17.7. The predicted octanol–water partition coefficient (Wildman–Crippen LogP) is 1.66. The molecule has 3 N–H and O–H groups in total. The lowest BCUT2D eigenvalue weighted by Crippen LogP contribution is -3.15. The molecule has 1 amide bonds. The van der Waals surface area contributed by atoms with Gasteiger partial charge in [0.25, 0.3) is 5.91 Å². The summed E-state index contributed by atoms with van der Waals surface area (Å²) in [6.07, 6.45) is 0. The number of nitrogens with zero attached hydrogens (tertiary/aromatic N) is 1. The number of amides is 1. The van der Waals surface area contributed by atoms with E-state index in [0.29, 0.717) is 18.2 Å². The molecule has 0 aromatic heterocycles. The maximum Gasteiger partial charge on any atom is 0.279 e. The summed E-state index contributed by atoms with van der Waals surface area (Å²) in [5, 5.41) is 7.00. The Morgan fingerprint density at radius 2 is 1.72 bits per heavy atom. The van der Waals surface area contributed by atoms with Crippen LogP contribution in [0.3, 0.4) is 0 Å². The number of benzene rings is 2. The fourth-order valence-electron chi connectivity index (χ4n) is 3.52. The lowest BCUT2D eigenvalue weighted by atomic mass is 10.1. The quantitative estimate of drug-likeness (QED) is 0.650. The van der Waals surface area contributed by atoms with Crippen LogP contribution in [0.25, 0.3) is 0 Å². The lowest BCUT2D eigenvalue weighted by Gasteiger charge is -2.33. The molecular formula is C22H28FN4OS+. The molecule has 154 valence electrons. The maximum absolute atomic E-state index is 13.0. The molecule has 2 aromatic carbocycles. The normalized spacial score (nSPS) is 14.5. The number of piperazine rings is 1. The van der Waals surface area contributed by atoms with E-state index in [1.807, 2.05) is 32.0 Å². The van der Waals surface area contributed by atoms with Crippen LogP contribution in [-0.2, 0) is 11.3 Å². The molecule has 0 unspecified atom stereocenters. The summed E-state index contributed by atoms with van der Waals surface area (Å²) in [5.74, 6) is -0.195. The van der Waals surface area contributed by atoms with E-state index in [0.717, 1.165) is 48.6 Å². The van der Waals surface area contributed by atoms with Crippen molar-refractivity contribution in [3.63, 3.8) is 0 Å². The van der Waals surface area contributed by atoms with Crippen molar-refractivity contribution in [3.05, 3.63) is 65.0 Å². The Morgan fingerprint density at radius 1 is 1.10 bits per heavy atom. The van der Waals surface area contributed by atoms with Gasteiger partial charge in [-0.25, -0.2) is 4.39 Å². The number of quaternary nitrogens is 1. The van der Waals surface area contributed by atoms with Gasteiger partial charge in [0.05, 0.1) is 26.2 Å². The second-order valence-electron chi connectivity index (χ2n) is 7.51. The monoisotopic (exact) mass is 415 g/mol. The number of aryl methyl sites for hydroxylation is 2.